The lowest BCUT2D eigenvalue weighted by molar-refractivity contribution is -0.0941. The second kappa shape index (κ2) is 5.42. The zero-order valence-electron chi connectivity index (χ0n) is 12.4. The van der Waals surface area contributed by atoms with Gasteiger partial charge in [0, 0.05) is 25.1 Å². The van der Waals surface area contributed by atoms with Gasteiger partial charge < -0.3 is 9.63 Å². The van der Waals surface area contributed by atoms with Gasteiger partial charge in [-0.2, -0.15) is 0 Å². The Kier molecular flexibility index (Phi) is 3.75. The fraction of sp³-hybridized carbons (Fsp3) is 0.733. The minimum atomic E-state index is -0.546. The quantitative estimate of drug-likeness (QED) is 0.881. The highest BCUT2D eigenvalue weighted by Crippen LogP contribution is 2.39. The summed E-state index contributed by atoms with van der Waals surface area (Å²) in [5, 5.41) is 10.6. The largest absolute Gasteiger partial charge is 0.390 e. The van der Waals surface area contributed by atoms with E-state index in [-0.39, 0.29) is 18.4 Å². The van der Waals surface area contributed by atoms with Crippen molar-refractivity contribution < 1.29 is 14.4 Å². The molecule has 0 aromatic carbocycles. The van der Waals surface area contributed by atoms with Crippen LogP contribution < -0.4 is 5.56 Å². The van der Waals surface area contributed by atoms with Crippen molar-refractivity contribution in [1.82, 2.24) is 9.64 Å². The highest BCUT2D eigenvalue weighted by molar-refractivity contribution is 5.79. The molecule has 1 aromatic heterocycles. The van der Waals surface area contributed by atoms with Crippen LogP contribution in [-0.2, 0) is 0 Å². The molecule has 1 aromatic rings. The average molecular weight is 294 g/mol. The molecule has 0 radical (unpaired) electrons. The molecule has 1 N–H and O–H groups in total. The zero-order chi connectivity index (χ0) is 15.0. The van der Waals surface area contributed by atoms with Crippen molar-refractivity contribution in [3.05, 3.63) is 22.2 Å². The molecule has 2 aliphatic rings. The van der Waals surface area contributed by atoms with Gasteiger partial charge in [-0.25, -0.2) is 0 Å². The van der Waals surface area contributed by atoms with E-state index in [0.29, 0.717) is 18.7 Å². The highest BCUT2D eigenvalue weighted by atomic mass is 16.5. The maximum atomic E-state index is 12.2. The molecule has 1 saturated heterocycles. The van der Waals surface area contributed by atoms with Crippen LogP contribution in [0.15, 0.2) is 15.4 Å². The Hall–Kier alpha value is -1.40. The van der Waals surface area contributed by atoms with Crippen LogP contribution >= 0.6 is 0 Å². The number of aromatic nitrogens is 1. The van der Waals surface area contributed by atoms with Crippen molar-refractivity contribution in [2.75, 3.05) is 19.6 Å². The minimum Gasteiger partial charge on any atom is -0.390 e. The van der Waals surface area contributed by atoms with Gasteiger partial charge in [0.15, 0.2) is 0 Å². The second-order valence-corrected chi connectivity index (χ2v) is 6.40. The predicted octanol–water partition coefficient (Wildman–Crippen LogP) is 1.02. The van der Waals surface area contributed by atoms with E-state index in [1.165, 1.54) is 6.07 Å². The molecule has 0 bridgehead atoms. The lowest BCUT2D eigenvalue weighted by Gasteiger charge is -2.47. The molecule has 116 valence electrons. The fourth-order valence-electron chi connectivity index (χ4n) is 3.66. The van der Waals surface area contributed by atoms with Crippen molar-refractivity contribution in [1.29, 1.82) is 0 Å². The van der Waals surface area contributed by atoms with Gasteiger partial charge in [-0.1, -0.05) is 12.8 Å². The molecular weight excluding hydrogens is 272 g/mol. The summed E-state index contributed by atoms with van der Waals surface area (Å²) in [6.07, 6.45) is 4.83. The summed E-state index contributed by atoms with van der Waals surface area (Å²) < 4.78 is 5.95. The van der Waals surface area contributed by atoms with Crippen LogP contribution in [0.1, 0.15) is 42.7 Å². The Labute approximate surface area is 123 Å². The molecule has 1 aliphatic carbocycles. The van der Waals surface area contributed by atoms with Crippen molar-refractivity contribution >= 4 is 5.91 Å². The molecule has 6 nitrogen and oxygen atoms in total. The number of aryl methyl sites for hydroxylation is 1. The summed E-state index contributed by atoms with van der Waals surface area (Å²) in [6.45, 7) is 3.22. The number of piperidine rings is 1. The maximum Gasteiger partial charge on any atom is 0.290 e. The Morgan fingerprint density at radius 1 is 1.48 bits per heavy atom. The first-order chi connectivity index (χ1) is 9.98. The molecule has 6 heteroatoms. The molecule has 1 saturated carbocycles. The van der Waals surface area contributed by atoms with E-state index in [1.54, 1.807) is 6.92 Å². The standard InChI is InChI=1S/C15H22N2O4/c1-11-8-13(18)17(21-11)14(19)10-16-7-6-15(20)5-3-2-4-12(15)9-16/h8,12,20H,2-7,9-10H2,1H3. The van der Waals surface area contributed by atoms with E-state index in [9.17, 15) is 14.7 Å². The van der Waals surface area contributed by atoms with E-state index < -0.39 is 11.2 Å². The van der Waals surface area contributed by atoms with Crippen LogP contribution in [0.3, 0.4) is 0 Å². The number of nitrogens with zero attached hydrogens (tertiary/aromatic N) is 2. The highest BCUT2D eigenvalue weighted by Gasteiger charge is 2.43. The Bertz CT molecular complexity index is 591. The second-order valence-electron chi connectivity index (χ2n) is 6.40. The molecule has 2 fully saturated rings. The number of carbonyl (C=O) groups excluding carboxylic acids is 1. The topological polar surface area (TPSA) is 75.7 Å². The van der Waals surface area contributed by atoms with Crippen molar-refractivity contribution in [3.8, 4) is 0 Å². The number of aliphatic hydroxyl groups is 1. The first-order valence-corrected chi connectivity index (χ1v) is 7.66. The molecule has 2 unspecified atom stereocenters. The van der Waals surface area contributed by atoms with Crippen molar-refractivity contribution in [2.45, 2.75) is 44.6 Å². The maximum absolute atomic E-state index is 12.2. The third-order valence-corrected chi connectivity index (χ3v) is 4.86. The van der Waals surface area contributed by atoms with Crippen molar-refractivity contribution in [2.24, 2.45) is 5.92 Å². The zero-order valence-corrected chi connectivity index (χ0v) is 12.4. The Balaban J connectivity index is 1.65. The lowest BCUT2D eigenvalue weighted by atomic mass is 9.71. The molecule has 0 amide bonds. The SMILES string of the molecule is Cc1cc(=O)n(C(=O)CN2CCC3(O)CCCCC3C2)o1. The first kappa shape index (κ1) is 14.5. The molecule has 21 heavy (non-hydrogen) atoms. The lowest BCUT2D eigenvalue weighted by Crippen LogP contribution is -2.54. The number of likely N-dealkylation sites (tertiary alicyclic amines) is 1. The van der Waals surface area contributed by atoms with Crippen LogP contribution in [0, 0.1) is 12.8 Å². The summed E-state index contributed by atoms with van der Waals surface area (Å²) >= 11 is 0. The van der Waals surface area contributed by atoms with E-state index in [4.69, 9.17) is 4.52 Å². The van der Waals surface area contributed by atoms with E-state index in [0.717, 1.165) is 37.0 Å². The number of hydrogen-bond donors (Lipinski definition) is 1. The molecule has 2 heterocycles. The molecule has 0 spiro atoms. The summed E-state index contributed by atoms with van der Waals surface area (Å²) in [5.74, 6) is 0.339. The average Bonchev–Trinajstić information content (AvgIpc) is 2.78. The number of fused-ring (bicyclic) bond motifs is 1. The van der Waals surface area contributed by atoms with Gasteiger partial charge in [0.1, 0.15) is 5.76 Å². The smallest absolute Gasteiger partial charge is 0.290 e. The van der Waals surface area contributed by atoms with Crippen LogP contribution in [0.4, 0.5) is 0 Å². The Morgan fingerprint density at radius 3 is 3.00 bits per heavy atom. The summed E-state index contributed by atoms with van der Waals surface area (Å²) in [4.78, 5) is 25.8. The predicted molar refractivity (Wildman–Crippen MR) is 76.3 cm³/mol. The van der Waals surface area contributed by atoms with Gasteiger partial charge in [0.2, 0.25) is 0 Å². The van der Waals surface area contributed by atoms with Gasteiger partial charge in [0.25, 0.3) is 11.5 Å². The monoisotopic (exact) mass is 294 g/mol. The van der Waals surface area contributed by atoms with Crippen LogP contribution in [0.25, 0.3) is 0 Å². The van der Waals surface area contributed by atoms with E-state index in [2.05, 4.69) is 0 Å². The van der Waals surface area contributed by atoms with Crippen LogP contribution in [0.2, 0.25) is 0 Å². The third kappa shape index (κ3) is 2.82. The fourth-order valence-corrected chi connectivity index (χ4v) is 3.66. The molecule has 3 rings (SSSR count). The Morgan fingerprint density at radius 2 is 2.29 bits per heavy atom. The molecule has 1 aliphatic heterocycles. The van der Waals surface area contributed by atoms with Crippen LogP contribution in [-0.4, -0.2) is 45.9 Å². The van der Waals surface area contributed by atoms with Gasteiger partial charge in [-0.05, 0) is 26.2 Å². The summed E-state index contributed by atoms with van der Waals surface area (Å²) in [5.41, 5.74) is -0.959. The molecular formula is C15H22N2O4. The summed E-state index contributed by atoms with van der Waals surface area (Å²) in [6, 6.07) is 1.31. The first-order valence-electron chi connectivity index (χ1n) is 7.66. The van der Waals surface area contributed by atoms with E-state index in [1.807, 2.05) is 4.90 Å². The molecule has 2 atom stereocenters. The van der Waals surface area contributed by atoms with E-state index >= 15 is 0 Å². The van der Waals surface area contributed by atoms with Gasteiger partial charge in [-0.15, -0.1) is 4.74 Å². The number of hydrogen-bond acceptors (Lipinski definition) is 5. The summed E-state index contributed by atoms with van der Waals surface area (Å²) in [7, 11) is 0. The van der Waals surface area contributed by atoms with Gasteiger partial charge in [-0.3, -0.25) is 14.5 Å². The van der Waals surface area contributed by atoms with Gasteiger partial charge in [0.05, 0.1) is 12.1 Å². The van der Waals surface area contributed by atoms with Crippen molar-refractivity contribution in [3.63, 3.8) is 0 Å². The van der Waals surface area contributed by atoms with Gasteiger partial charge >= 0.3 is 0 Å². The van der Waals surface area contributed by atoms with Crippen LogP contribution in [0.5, 0.6) is 0 Å². The minimum absolute atomic E-state index is 0.166. The third-order valence-electron chi connectivity index (χ3n) is 4.86. The normalized spacial score (nSPS) is 30.1. The number of rotatable bonds is 2. The number of carbonyl (C=O) groups is 1.